The Labute approximate surface area is 95.3 Å². The average molecular weight is 225 g/mol. The summed E-state index contributed by atoms with van der Waals surface area (Å²) in [6.45, 7) is 6.46. The van der Waals surface area contributed by atoms with Crippen molar-refractivity contribution in [3.8, 4) is 0 Å². The van der Waals surface area contributed by atoms with Crippen LogP contribution in [0.25, 0.3) is 0 Å². The molecular weight excluding hydrogens is 206 g/mol. The van der Waals surface area contributed by atoms with Crippen LogP contribution in [0.4, 0.5) is 0 Å². The molecule has 0 amide bonds. The van der Waals surface area contributed by atoms with E-state index in [4.69, 9.17) is 5.73 Å². The molecular formula is C11H19N3S. The fourth-order valence-corrected chi connectivity index (χ4v) is 3.14. The van der Waals surface area contributed by atoms with Crippen LogP contribution >= 0.6 is 11.3 Å². The van der Waals surface area contributed by atoms with E-state index >= 15 is 0 Å². The number of aromatic nitrogens is 1. The third-order valence-electron chi connectivity index (χ3n) is 2.94. The van der Waals surface area contributed by atoms with Crippen molar-refractivity contribution in [2.24, 2.45) is 11.7 Å². The van der Waals surface area contributed by atoms with Crippen LogP contribution < -0.4 is 5.73 Å². The second-order valence-electron chi connectivity index (χ2n) is 4.68. The molecule has 0 fully saturated rings. The van der Waals surface area contributed by atoms with Gasteiger partial charge >= 0.3 is 0 Å². The zero-order valence-electron chi connectivity index (χ0n) is 9.66. The van der Waals surface area contributed by atoms with Crippen molar-refractivity contribution >= 4 is 11.3 Å². The number of hydrogen-bond donors (Lipinski definition) is 1. The summed E-state index contributed by atoms with van der Waals surface area (Å²) in [6, 6.07) is 0.103. The van der Waals surface area contributed by atoms with Crippen LogP contribution in [0, 0.1) is 5.92 Å². The van der Waals surface area contributed by atoms with Crippen LogP contribution in [0.1, 0.15) is 35.5 Å². The van der Waals surface area contributed by atoms with Gasteiger partial charge in [0, 0.05) is 24.4 Å². The Bertz CT molecular complexity index is 346. The Hall–Kier alpha value is -0.450. The molecule has 0 bridgehead atoms. The van der Waals surface area contributed by atoms with Crippen molar-refractivity contribution < 1.29 is 0 Å². The van der Waals surface area contributed by atoms with Crippen LogP contribution in [0.15, 0.2) is 0 Å². The molecule has 2 heterocycles. The minimum atomic E-state index is 0.103. The van der Waals surface area contributed by atoms with E-state index in [1.807, 2.05) is 0 Å². The molecule has 1 aliphatic rings. The number of nitrogens with two attached hydrogens (primary N) is 1. The molecule has 1 aliphatic heterocycles. The highest BCUT2D eigenvalue weighted by Gasteiger charge is 2.21. The highest BCUT2D eigenvalue weighted by molar-refractivity contribution is 7.11. The van der Waals surface area contributed by atoms with Gasteiger partial charge in [0.2, 0.25) is 0 Å². The zero-order valence-corrected chi connectivity index (χ0v) is 10.5. The first-order valence-corrected chi connectivity index (χ1v) is 6.32. The van der Waals surface area contributed by atoms with E-state index in [0.29, 0.717) is 5.92 Å². The predicted molar refractivity (Wildman–Crippen MR) is 63.9 cm³/mol. The normalized spacial score (nSPS) is 19.3. The average Bonchev–Trinajstić information content (AvgIpc) is 2.58. The molecule has 3 nitrogen and oxygen atoms in total. The maximum atomic E-state index is 6.12. The van der Waals surface area contributed by atoms with E-state index in [1.165, 1.54) is 10.6 Å². The lowest BCUT2D eigenvalue weighted by Gasteiger charge is -2.20. The molecule has 0 radical (unpaired) electrons. The summed E-state index contributed by atoms with van der Waals surface area (Å²) in [5.41, 5.74) is 7.40. The number of hydrogen-bond acceptors (Lipinski definition) is 4. The van der Waals surface area contributed by atoms with Crippen LogP contribution in [0.2, 0.25) is 0 Å². The van der Waals surface area contributed by atoms with Crippen molar-refractivity contribution in [3.63, 3.8) is 0 Å². The van der Waals surface area contributed by atoms with Gasteiger partial charge in [-0.1, -0.05) is 13.8 Å². The van der Waals surface area contributed by atoms with Crippen LogP contribution in [-0.4, -0.2) is 23.5 Å². The third-order valence-corrected chi connectivity index (χ3v) is 4.13. The Balaban J connectivity index is 2.22. The number of thiazole rings is 1. The van der Waals surface area contributed by atoms with Crippen molar-refractivity contribution in [3.05, 3.63) is 15.6 Å². The molecule has 1 aromatic heterocycles. The molecule has 84 valence electrons. The number of likely N-dealkylation sites (N-methyl/N-ethyl adjacent to an activating group) is 1. The van der Waals surface area contributed by atoms with Crippen molar-refractivity contribution in [2.75, 3.05) is 13.6 Å². The molecule has 15 heavy (non-hydrogen) atoms. The van der Waals surface area contributed by atoms with Gasteiger partial charge in [0.25, 0.3) is 0 Å². The zero-order chi connectivity index (χ0) is 11.0. The van der Waals surface area contributed by atoms with E-state index in [0.717, 1.165) is 24.5 Å². The predicted octanol–water partition coefficient (Wildman–Crippen LogP) is 1.79. The largest absolute Gasteiger partial charge is 0.322 e. The van der Waals surface area contributed by atoms with Gasteiger partial charge in [-0.15, -0.1) is 11.3 Å². The van der Waals surface area contributed by atoms with Gasteiger partial charge in [-0.05, 0) is 13.0 Å². The Morgan fingerprint density at radius 1 is 1.47 bits per heavy atom. The van der Waals surface area contributed by atoms with Gasteiger partial charge in [0.15, 0.2) is 0 Å². The van der Waals surface area contributed by atoms with Gasteiger partial charge in [-0.25, -0.2) is 4.98 Å². The Kier molecular flexibility index (Phi) is 3.09. The number of rotatable bonds is 2. The summed E-state index contributed by atoms with van der Waals surface area (Å²) in [7, 11) is 2.16. The van der Waals surface area contributed by atoms with Crippen molar-refractivity contribution in [1.82, 2.24) is 9.88 Å². The van der Waals surface area contributed by atoms with E-state index in [9.17, 15) is 0 Å². The van der Waals surface area contributed by atoms with Crippen LogP contribution in [0.3, 0.4) is 0 Å². The van der Waals surface area contributed by atoms with Gasteiger partial charge in [0.05, 0.1) is 11.7 Å². The molecule has 0 spiro atoms. The molecule has 0 aromatic carbocycles. The lowest BCUT2D eigenvalue weighted by atomic mass is 10.1. The summed E-state index contributed by atoms with van der Waals surface area (Å²) in [6.07, 6.45) is 1.08. The highest BCUT2D eigenvalue weighted by atomic mass is 32.1. The van der Waals surface area contributed by atoms with E-state index in [2.05, 4.69) is 30.8 Å². The topological polar surface area (TPSA) is 42.1 Å². The lowest BCUT2D eigenvalue weighted by Crippen LogP contribution is -2.25. The highest BCUT2D eigenvalue weighted by Crippen LogP contribution is 2.29. The molecule has 0 saturated heterocycles. The first-order valence-electron chi connectivity index (χ1n) is 5.50. The second kappa shape index (κ2) is 4.20. The molecule has 2 rings (SSSR count). The second-order valence-corrected chi connectivity index (χ2v) is 5.79. The van der Waals surface area contributed by atoms with E-state index < -0.39 is 0 Å². The lowest BCUT2D eigenvalue weighted by molar-refractivity contribution is 0.314. The molecule has 0 aliphatic carbocycles. The van der Waals surface area contributed by atoms with Gasteiger partial charge in [-0.3, -0.25) is 0 Å². The standard InChI is InChI=1S/C11H19N3S/c1-7(2)10(12)11-13-8-4-5-14(3)6-9(8)15-11/h7,10H,4-6,12H2,1-3H3. The maximum Gasteiger partial charge on any atom is 0.110 e. The summed E-state index contributed by atoms with van der Waals surface area (Å²) < 4.78 is 0. The summed E-state index contributed by atoms with van der Waals surface area (Å²) >= 11 is 1.80. The molecule has 1 atom stereocenters. The summed E-state index contributed by atoms with van der Waals surface area (Å²) in [5.74, 6) is 0.468. The minimum Gasteiger partial charge on any atom is -0.322 e. The monoisotopic (exact) mass is 225 g/mol. The number of nitrogens with zero attached hydrogens (tertiary/aromatic N) is 2. The van der Waals surface area contributed by atoms with E-state index in [-0.39, 0.29) is 6.04 Å². The fraction of sp³-hybridized carbons (Fsp3) is 0.727. The molecule has 1 unspecified atom stereocenters. The summed E-state index contributed by atoms with van der Waals surface area (Å²) in [5, 5.41) is 1.12. The molecule has 2 N–H and O–H groups in total. The van der Waals surface area contributed by atoms with Crippen LogP contribution in [-0.2, 0) is 13.0 Å². The minimum absolute atomic E-state index is 0.103. The van der Waals surface area contributed by atoms with Gasteiger partial charge in [0.1, 0.15) is 5.01 Å². The first kappa shape index (κ1) is 11.0. The SMILES string of the molecule is CC(C)C(N)c1nc2c(s1)CN(C)CC2. The molecule has 0 saturated carbocycles. The first-order chi connectivity index (χ1) is 7.08. The third kappa shape index (κ3) is 2.22. The molecule has 4 heteroatoms. The fourth-order valence-electron chi connectivity index (χ4n) is 1.77. The number of fused-ring (bicyclic) bond motifs is 1. The van der Waals surface area contributed by atoms with Crippen molar-refractivity contribution in [1.29, 1.82) is 0 Å². The van der Waals surface area contributed by atoms with Crippen LogP contribution in [0.5, 0.6) is 0 Å². The Morgan fingerprint density at radius 3 is 2.87 bits per heavy atom. The van der Waals surface area contributed by atoms with E-state index in [1.54, 1.807) is 11.3 Å². The smallest absolute Gasteiger partial charge is 0.110 e. The molecule has 1 aromatic rings. The van der Waals surface area contributed by atoms with Crippen molar-refractivity contribution in [2.45, 2.75) is 32.9 Å². The van der Waals surface area contributed by atoms with Gasteiger partial charge in [-0.2, -0.15) is 0 Å². The Morgan fingerprint density at radius 2 is 2.20 bits per heavy atom. The quantitative estimate of drug-likeness (QED) is 0.834. The maximum absolute atomic E-state index is 6.12. The summed E-state index contributed by atoms with van der Waals surface area (Å²) in [4.78, 5) is 8.42. The van der Waals surface area contributed by atoms with Gasteiger partial charge < -0.3 is 10.6 Å².